The highest BCUT2D eigenvalue weighted by Gasteiger charge is 2.13. The molecule has 0 aromatic rings. The first kappa shape index (κ1) is 14.7. The van der Waals surface area contributed by atoms with Crippen molar-refractivity contribution in [2.75, 3.05) is 19.7 Å². The standard InChI is InChI=1S/C11H21NO4/c1-3-5-8-12(11(15)16-4-2)9-6-7-10(13)14/h3-9H2,1-2H3,(H,13,14). The van der Waals surface area contributed by atoms with Crippen LogP contribution >= 0.6 is 0 Å². The molecule has 0 aliphatic heterocycles. The van der Waals surface area contributed by atoms with Crippen LogP contribution in [-0.4, -0.2) is 41.8 Å². The fraction of sp³-hybridized carbons (Fsp3) is 0.818. The van der Waals surface area contributed by atoms with Gasteiger partial charge in [0.2, 0.25) is 0 Å². The van der Waals surface area contributed by atoms with Gasteiger partial charge in [-0.2, -0.15) is 0 Å². The van der Waals surface area contributed by atoms with Crippen molar-refractivity contribution in [2.24, 2.45) is 0 Å². The first-order valence-corrected chi connectivity index (χ1v) is 5.75. The SMILES string of the molecule is CCCCN(CCCC(=O)O)C(=O)OCC. The fourth-order valence-corrected chi connectivity index (χ4v) is 1.28. The highest BCUT2D eigenvalue weighted by Crippen LogP contribution is 2.02. The summed E-state index contributed by atoms with van der Waals surface area (Å²) in [5.41, 5.74) is 0. The summed E-state index contributed by atoms with van der Waals surface area (Å²) in [5.74, 6) is -0.834. The van der Waals surface area contributed by atoms with E-state index in [2.05, 4.69) is 0 Å². The summed E-state index contributed by atoms with van der Waals surface area (Å²) < 4.78 is 4.90. The number of hydrogen-bond acceptors (Lipinski definition) is 3. The van der Waals surface area contributed by atoms with E-state index in [0.717, 1.165) is 12.8 Å². The number of carbonyl (C=O) groups is 2. The van der Waals surface area contributed by atoms with Gasteiger partial charge in [0.05, 0.1) is 6.61 Å². The van der Waals surface area contributed by atoms with E-state index in [9.17, 15) is 9.59 Å². The molecule has 0 aromatic heterocycles. The Morgan fingerprint density at radius 2 is 1.81 bits per heavy atom. The van der Waals surface area contributed by atoms with Crippen molar-refractivity contribution in [3.63, 3.8) is 0 Å². The number of unbranched alkanes of at least 4 members (excludes halogenated alkanes) is 1. The molecular weight excluding hydrogens is 210 g/mol. The highest BCUT2D eigenvalue weighted by molar-refractivity contribution is 5.68. The first-order valence-electron chi connectivity index (χ1n) is 5.75. The van der Waals surface area contributed by atoms with Crippen molar-refractivity contribution >= 4 is 12.1 Å². The summed E-state index contributed by atoms with van der Waals surface area (Å²) in [6.45, 7) is 5.23. The first-order chi connectivity index (χ1) is 7.61. The largest absolute Gasteiger partial charge is 0.481 e. The number of ether oxygens (including phenoxy) is 1. The van der Waals surface area contributed by atoms with Crippen LogP contribution in [0.1, 0.15) is 39.5 Å². The van der Waals surface area contributed by atoms with Crippen molar-refractivity contribution in [1.82, 2.24) is 4.90 Å². The molecule has 1 amide bonds. The molecule has 0 aliphatic rings. The second-order valence-corrected chi connectivity index (χ2v) is 3.54. The number of aliphatic carboxylic acids is 1. The number of carbonyl (C=O) groups excluding carboxylic acids is 1. The van der Waals surface area contributed by atoms with Gasteiger partial charge >= 0.3 is 12.1 Å². The van der Waals surface area contributed by atoms with Crippen LogP contribution in [0.5, 0.6) is 0 Å². The van der Waals surface area contributed by atoms with Crippen LogP contribution in [0.3, 0.4) is 0 Å². The zero-order valence-corrected chi connectivity index (χ0v) is 10.1. The van der Waals surface area contributed by atoms with Gasteiger partial charge in [-0.15, -0.1) is 0 Å². The van der Waals surface area contributed by atoms with Gasteiger partial charge in [-0.1, -0.05) is 13.3 Å². The predicted octanol–water partition coefficient (Wildman–Crippen LogP) is 2.11. The number of nitrogens with zero attached hydrogens (tertiary/aromatic N) is 1. The smallest absolute Gasteiger partial charge is 0.409 e. The summed E-state index contributed by atoms with van der Waals surface area (Å²) in [5, 5.41) is 8.51. The Morgan fingerprint density at radius 3 is 2.31 bits per heavy atom. The normalized spacial score (nSPS) is 9.88. The molecule has 0 atom stereocenters. The number of rotatable bonds is 8. The van der Waals surface area contributed by atoms with Crippen LogP contribution in [0.4, 0.5) is 4.79 Å². The molecule has 0 aromatic carbocycles. The van der Waals surface area contributed by atoms with Crippen molar-refractivity contribution in [2.45, 2.75) is 39.5 Å². The molecule has 0 saturated carbocycles. The van der Waals surface area contributed by atoms with E-state index in [1.54, 1.807) is 11.8 Å². The molecule has 0 radical (unpaired) electrons. The Balaban J connectivity index is 3.98. The Kier molecular flexibility index (Phi) is 8.29. The van der Waals surface area contributed by atoms with Gasteiger partial charge in [-0.25, -0.2) is 4.79 Å². The minimum absolute atomic E-state index is 0.0853. The van der Waals surface area contributed by atoms with E-state index in [0.29, 0.717) is 26.1 Å². The summed E-state index contributed by atoms with van der Waals surface area (Å²) in [4.78, 5) is 23.4. The lowest BCUT2D eigenvalue weighted by atomic mass is 10.2. The van der Waals surface area contributed by atoms with Crippen LogP contribution in [-0.2, 0) is 9.53 Å². The van der Waals surface area contributed by atoms with Crippen LogP contribution in [0.15, 0.2) is 0 Å². The summed E-state index contributed by atoms with van der Waals surface area (Å²) in [6, 6.07) is 0. The molecule has 16 heavy (non-hydrogen) atoms. The minimum atomic E-state index is -0.834. The lowest BCUT2D eigenvalue weighted by Crippen LogP contribution is -2.33. The average Bonchev–Trinajstić information content (AvgIpc) is 2.22. The lowest BCUT2D eigenvalue weighted by molar-refractivity contribution is -0.137. The molecule has 0 heterocycles. The molecular formula is C11H21NO4. The molecule has 0 fully saturated rings. The van der Waals surface area contributed by atoms with Gasteiger partial charge in [0, 0.05) is 19.5 Å². The molecule has 5 heteroatoms. The monoisotopic (exact) mass is 231 g/mol. The lowest BCUT2D eigenvalue weighted by Gasteiger charge is -2.21. The van der Waals surface area contributed by atoms with Crippen molar-refractivity contribution < 1.29 is 19.4 Å². The molecule has 0 bridgehead atoms. The zero-order valence-electron chi connectivity index (χ0n) is 10.1. The molecule has 5 nitrogen and oxygen atoms in total. The zero-order chi connectivity index (χ0) is 12.4. The van der Waals surface area contributed by atoms with Gasteiger partial charge in [0.25, 0.3) is 0 Å². The number of amides is 1. The van der Waals surface area contributed by atoms with E-state index < -0.39 is 5.97 Å². The third-order valence-electron chi connectivity index (χ3n) is 2.13. The number of carboxylic acids is 1. The van der Waals surface area contributed by atoms with Crippen molar-refractivity contribution in [3.8, 4) is 0 Å². The minimum Gasteiger partial charge on any atom is -0.481 e. The van der Waals surface area contributed by atoms with Crippen LogP contribution in [0.25, 0.3) is 0 Å². The average molecular weight is 231 g/mol. The van der Waals surface area contributed by atoms with Crippen LogP contribution < -0.4 is 0 Å². The van der Waals surface area contributed by atoms with Crippen molar-refractivity contribution in [1.29, 1.82) is 0 Å². The maximum atomic E-state index is 11.5. The maximum absolute atomic E-state index is 11.5. The van der Waals surface area contributed by atoms with Gasteiger partial charge in [0.15, 0.2) is 0 Å². The van der Waals surface area contributed by atoms with E-state index >= 15 is 0 Å². The Bertz CT molecular complexity index is 218. The highest BCUT2D eigenvalue weighted by atomic mass is 16.6. The molecule has 0 rings (SSSR count). The van der Waals surface area contributed by atoms with E-state index in [1.807, 2.05) is 6.92 Å². The van der Waals surface area contributed by atoms with Gasteiger partial charge in [-0.3, -0.25) is 4.79 Å². The molecule has 0 aliphatic carbocycles. The summed E-state index contributed by atoms with van der Waals surface area (Å²) in [7, 11) is 0. The third kappa shape index (κ3) is 7.09. The second kappa shape index (κ2) is 9.00. The van der Waals surface area contributed by atoms with Crippen LogP contribution in [0.2, 0.25) is 0 Å². The molecule has 0 spiro atoms. The van der Waals surface area contributed by atoms with Gasteiger partial charge in [-0.05, 0) is 19.8 Å². The second-order valence-electron chi connectivity index (χ2n) is 3.54. The quantitative estimate of drug-likeness (QED) is 0.694. The number of carboxylic acid groups (broad SMARTS) is 1. The third-order valence-corrected chi connectivity index (χ3v) is 2.13. The van der Waals surface area contributed by atoms with E-state index in [1.165, 1.54) is 0 Å². The van der Waals surface area contributed by atoms with E-state index in [-0.39, 0.29) is 12.5 Å². The van der Waals surface area contributed by atoms with E-state index in [4.69, 9.17) is 9.84 Å². The van der Waals surface area contributed by atoms with Crippen LogP contribution in [0, 0.1) is 0 Å². The Hall–Kier alpha value is -1.26. The van der Waals surface area contributed by atoms with Gasteiger partial charge in [0.1, 0.15) is 0 Å². The molecule has 1 N–H and O–H groups in total. The molecule has 94 valence electrons. The predicted molar refractivity (Wildman–Crippen MR) is 60.4 cm³/mol. The number of hydrogen-bond donors (Lipinski definition) is 1. The van der Waals surface area contributed by atoms with Crippen molar-refractivity contribution in [3.05, 3.63) is 0 Å². The topological polar surface area (TPSA) is 66.8 Å². The molecule has 0 unspecified atom stereocenters. The Morgan fingerprint density at radius 1 is 1.19 bits per heavy atom. The maximum Gasteiger partial charge on any atom is 0.409 e. The summed E-state index contributed by atoms with van der Waals surface area (Å²) >= 11 is 0. The molecule has 0 saturated heterocycles. The summed E-state index contributed by atoms with van der Waals surface area (Å²) in [6.07, 6.45) is 2.11. The van der Waals surface area contributed by atoms with Gasteiger partial charge < -0.3 is 14.7 Å². The Labute approximate surface area is 96.4 Å². The fourth-order valence-electron chi connectivity index (χ4n) is 1.28.